The molecule has 2 aromatic rings. The van der Waals surface area contributed by atoms with Crippen LogP contribution in [0.15, 0.2) is 48.7 Å². The zero-order chi connectivity index (χ0) is 15.1. The molecule has 0 aliphatic carbocycles. The molecule has 0 unspecified atom stereocenters. The first-order chi connectivity index (χ1) is 10.1. The van der Waals surface area contributed by atoms with Gasteiger partial charge in [0.1, 0.15) is 5.82 Å². The van der Waals surface area contributed by atoms with Crippen molar-refractivity contribution < 1.29 is 14.7 Å². The molecule has 108 valence electrons. The average molecular weight is 284 g/mol. The fourth-order valence-corrected chi connectivity index (χ4v) is 1.90. The Morgan fingerprint density at radius 2 is 1.86 bits per heavy atom. The summed E-state index contributed by atoms with van der Waals surface area (Å²) in [6.45, 7) is 0. The highest BCUT2D eigenvalue weighted by atomic mass is 16.4. The van der Waals surface area contributed by atoms with E-state index in [4.69, 9.17) is 5.11 Å². The SMILES string of the molecule is O=C(CCCc1ccccc1)Nc1ccc(C(=O)O)cn1. The summed E-state index contributed by atoms with van der Waals surface area (Å²) in [4.78, 5) is 26.3. The van der Waals surface area contributed by atoms with Gasteiger partial charge in [0.25, 0.3) is 0 Å². The molecular weight excluding hydrogens is 268 g/mol. The number of carboxylic acid groups (broad SMARTS) is 1. The lowest BCUT2D eigenvalue weighted by Crippen LogP contribution is -2.13. The first kappa shape index (κ1) is 14.7. The van der Waals surface area contributed by atoms with E-state index in [0.29, 0.717) is 12.2 Å². The summed E-state index contributed by atoms with van der Waals surface area (Å²) in [5.41, 5.74) is 1.30. The third-order valence-electron chi connectivity index (χ3n) is 2.99. The van der Waals surface area contributed by atoms with Crippen molar-refractivity contribution in [2.75, 3.05) is 5.32 Å². The number of nitrogens with one attached hydrogen (secondary N) is 1. The summed E-state index contributed by atoms with van der Waals surface area (Å²) < 4.78 is 0. The predicted molar refractivity (Wildman–Crippen MR) is 79.2 cm³/mol. The molecule has 0 saturated carbocycles. The summed E-state index contributed by atoms with van der Waals surface area (Å²) >= 11 is 0. The zero-order valence-corrected chi connectivity index (χ0v) is 11.5. The lowest BCUT2D eigenvalue weighted by atomic mass is 10.1. The number of hydrogen-bond donors (Lipinski definition) is 2. The van der Waals surface area contributed by atoms with E-state index in [0.717, 1.165) is 12.8 Å². The minimum absolute atomic E-state index is 0.0945. The van der Waals surface area contributed by atoms with Gasteiger partial charge in [-0.15, -0.1) is 0 Å². The van der Waals surface area contributed by atoms with Crippen LogP contribution < -0.4 is 5.32 Å². The summed E-state index contributed by atoms with van der Waals surface area (Å²) in [6.07, 6.45) is 3.22. The van der Waals surface area contributed by atoms with Crippen molar-refractivity contribution in [3.8, 4) is 0 Å². The maximum atomic E-state index is 11.8. The van der Waals surface area contributed by atoms with Crippen molar-refractivity contribution in [1.82, 2.24) is 4.98 Å². The van der Waals surface area contributed by atoms with Crippen LogP contribution in [0.1, 0.15) is 28.8 Å². The van der Waals surface area contributed by atoms with Crippen LogP contribution in [0.3, 0.4) is 0 Å². The largest absolute Gasteiger partial charge is 0.478 e. The number of amides is 1. The van der Waals surface area contributed by atoms with Gasteiger partial charge in [0, 0.05) is 12.6 Å². The molecule has 0 atom stereocenters. The molecule has 2 N–H and O–H groups in total. The predicted octanol–water partition coefficient (Wildman–Crippen LogP) is 2.74. The van der Waals surface area contributed by atoms with Gasteiger partial charge < -0.3 is 10.4 Å². The van der Waals surface area contributed by atoms with Crippen molar-refractivity contribution >= 4 is 17.7 Å². The Hall–Kier alpha value is -2.69. The number of carbonyl (C=O) groups is 2. The third-order valence-corrected chi connectivity index (χ3v) is 2.99. The Bertz CT molecular complexity index is 609. The molecule has 0 spiro atoms. The van der Waals surface area contributed by atoms with E-state index in [-0.39, 0.29) is 11.5 Å². The van der Waals surface area contributed by atoms with Gasteiger partial charge >= 0.3 is 5.97 Å². The number of pyridine rings is 1. The maximum absolute atomic E-state index is 11.8. The van der Waals surface area contributed by atoms with Crippen LogP contribution in [0.2, 0.25) is 0 Å². The maximum Gasteiger partial charge on any atom is 0.337 e. The minimum atomic E-state index is -1.04. The van der Waals surface area contributed by atoms with Gasteiger partial charge in [-0.3, -0.25) is 4.79 Å². The Morgan fingerprint density at radius 3 is 2.48 bits per heavy atom. The molecule has 0 bridgehead atoms. The highest BCUT2D eigenvalue weighted by Gasteiger charge is 2.06. The molecule has 0 fully saturated rings. The fourth-order valence-electron chi connectivity index (χ4n) is 1.90. The number of rotatable bonds is 6. The van der Waals surface area contributed by atoms with Gasteiger partial charge in [0.05, 0.1) is 5.56 Å². The number of carboxylic acids is 1. The number of aromatic carboxylic acids is 1. The van der Waals surface area contributed by atoms with Crippen molar-refractivity contribution in [1.29, 1.82) is 0 Å². The normalized spacial score (nSPS) is 10.1. The quantitative estimate of drug-likeness (QED) is 0.854. The Kier molecular flexibility index (Phi) is 5.04. The number of aromatic nitrogens is 1. The minimum Gasteiger partial charge on any atom is -0.478 e. The summed E-state index contributed by atoms with van der Waals surface area (Å²) in [7, 11) is 0. The van der Waals surface area contributed by atoms with Gasteiger partial charge in [-0.05, 0) is 30.5 Å². The van der Waals surface area contributed by atoms with Crippen molar-refractivity contribution in [2.45, 2.75) is 19.3 Å². The third kappa shape index (κ3) is 4.72. The van der Waals surface area contributed by atoms with Gasteiger partial charge in [-0.2, -0.15) is 0 Å². The second kappa shape index (κ2) is 7.19. The Balaban J connectivity index is 1.78. The summed E-state index contributed by atoms with van der Waals surface area (Å²) in [5.74, 6) is -0.797. The number of benzene rings is 1. The van der Waals surface area contributed by atoms with Crippen LogP contribution in [-0.4, -0.2) is 22.0 Å². The van der Waals surface area contributed by atoms with Gasteiger partial charge in [0.15, 0.2) is 0 Å². The van der Waals surface area contributed by atoms with Gasteiger partial charge in [-0.25, -0.2) is 9.78 Å². The molecule has 5 heteroatoms. The monoisotopic (exact) mass is 284 g/mol. The molecule has 0 aliphatic rings. The number of carbonyl (C=O) groups excluding carboxylic acids is 1. The molecule has 0 aliphatic heterocycles. The topological polar surface area (TPSA) is 79.3 Å². The van der Waals surface area contributed by atoms with Crippen LogP contribution in [-0.2, 0) is 11.2 Å². The number of aryl methyl sites for hydroxylation is 1. The molecule has 1 amide bonds. The molecular formula is C16H16N2O3. The van der Waals surface area contributed by atoms with Crippen LogP contribution >= 0.6 is 0 Å². The Labute approximate surface area is 122 Å². The van der Waals surface area contributed by atoms with Crippen molar-refractivity contribution in [3.63, 3.8) is 0 Å². The molecule has 2 rings (SSSR count). The van der Waals surface area contributed by atoms with E-state index in [9.17, 15) is 9.59 Å². The summed E-state index contributed by atoms with van der Waals surface area (Å²) in [5, 5.41) is 11.4. The van der Waals surface area contributed by atoms with Crippen molar-refractivity contribution in [3.05, 3.63) is 59.8 Å². The Morgan fingerprint density at radius 1 is 1.10 bits per heavy atom. The van der Waals surface area contributed by atoms with Gasteiger partial charge in [-0.1, -0.05) is 30.3 Å². The highest BCUT2D eigenvalue weighted by Crippen LogP contribution is 2.08. The average Bonchev–Trinajstić information content (AvgIpc) is 2.49. The van der Waals surface area contributed by atoms with Crippen LogP contribution in [0, 0.1) is 0 Å². The number of hydrogen-bond acceptors (Lipinski definition) is 3. The van der Waals surface area contributed by atoms with Gasteiger partial charge in [0.2, 0.25) is 5.91 Å². The zero-order valence-electron chi connectivity index (χ0n) is 11.5. The molecule has 5 nitrogen and oxygen atoms in total. The van der Waals surface area contributed by atoms with Crippen LogP contribution in [0.4, 0.5) is 5.82 Å². The van der Waals surface area contributed by atoms with E-state index < -0.39 is 5.97 Å². The smallest absolute Gasteiger partial charge is 0.337 e. The number of nitrogens with zero attached hydrogens (tertiary/aromatic N) is 1. The molecule has 1 aromatic carbocycles. The second-order valence-electron chi connectivity index (χ2n) is 4.62. The van der Waals surface area contributed by atoms with E-state index in [1.165, 1.54) is 23.9 Å². The van der Waals surface area contributed by atoms with E-state index >= 15 is 0 Å². The first-order valence-electron chi connectivity index (χ1n) is 6.68. The van der Waals surface area contributed by atoms with E-state index in [2.05, 4.69) is 10.3 Å². The van der Waals surface area contributed by atoms with Crippen LogP contribution in [0.25, 0.3) is 0 Å². The van der Waals surface area contributed by atoms with Crippen LogP contribution in [0.5, 0.6) is 0 Å². The lowest BCUT2D eigenvalue weighted by molar-refractivity contribution is -0.116. The first-order valence-corrected chi connectivity index (χ1v) is 6.68. The molecule has 1 heterocycles. The van der Waals surface area contributed by atoms with E-state index in [1.807, 2.05) is 30.3 Å². The highest BCUT2D eigenvalue weighted by molar-refractivity contribution is 5.91. The fraction of sp³-hybridized carbons (Fsp3) is 0.188. The molecule has 21 heavy (non-hydrogen) atoms. The van der Waals surface area contributed by atoms with Crippen molar-refractivity contribution in [2.24, 2.45) is 0 Å². The second-order valence-corrected chi connectivity index (χ2v) is 4.62. The number of anilines is 1. The summed E-state index contributed by atoms with van der Waals surface area (Å²) in [6, 6.07) is 12.9. The van der Waals surface area contributed by atoms with E-state index in [1.54, 1.807) is 0 Å². The molecule has 1 aromatic heterocycles. The lowest BCUT2D eigenvalue weighted by Gasteiger charge is -2.05. The standard InChI is InChI=1S/C16H16N2O3/c19-15(8-4-7-12-5-2-1-3-6-12)18-14-10-9-13(11-17-14)16(20)21/h1-3,5-6,9-11H,4,7-8H2,(H,20,21)(H,17,18,19). The molecule has 0 saturated heterocycles. The molecule has 0 radical (unpaired) electrons.